The molecule has 12 heteroatoms. The highest BCUT2D eigenvalue weighted by molar-refractivity contribution is 6.36. The standard InChI is InChI=1S/C31H36ClN7O4/c1-42-26-17-21(30(41)39-11-9-22(10-12-39)38-13-15-43-16-14-38)7-8-24(26)35-31-36-28-27(23(32)18-33-28)29(37-31)34-25(19-40)20-5-3-2-4-6-20/h2-8,17-18,22,25,40H,9-16,19H2,1H3,(H3,33,34,35,36,37)/t25-/m1/s1. The van der Waals surface area contributed by atoms with Crippen LogP contribution in [0.25, 0.3) is 11.0 Å². The molecule has 2 saturated heterocycles. The highest BCUT2D eigenvalue weighted by atomic mass is 35.5. The van der Waals surface area contributed by atoms with Gasteiger partial charge in [-0.05, 0) is 36.6 Å². The molecule has 0 aliphatic carbocycles. The van der Waals surface area contributed by atoms with E-state index in [4.69, 9.17) is 26.1 Å². The smallest absolute Gasteiger partial charge is 0.253 e. The van der Waals surface area contributed by atoms with E-state index in [1.165, 1.54) is 0 Å². The van der Waals surface area contributed by atoms with E-state index in [0.29, 0.717) is 50.9 Å². The van der Waals surface area contributed by atoms with Crippen LogP contribution in [0.5, 0.6) is 5.75 Å². The van der Waals surface area contributed by atoms with Crippen LogP contribution in [-0.4, -0.2) is 94.9 Å². The van der Waals surface area contributed by atoms with E-state index in [2.05, 4.69) is 25.5 Å². The van der Waals surface area contributed by atoms with Gasteiger partial charge in [0.1, 0.15) is 17.2 Å². The molecule has 1 atom stereocenters. The van der Waals surface area contributed by atoms with Crippen LogP contribution in [0.4, 0.5) is 17.5 Å². The Kier molecular flexibility index (Phi) is 8.94. The van der Waals surface area contributed by atoms with E-state index >= 15 is 0 Å². The highest BCUT2D eigenvalue weighted by Crippen LogP contribution is 2.34. The van der Waals surface area contributed by atoms with Crippen LogP contribution >= 0.6 is 11.6 Å². The molecule has 11 nitrogen and oxygen atoms in total. The van der Waals surface area contributed by atoms with Crippen molar-refractivity contribution in [3.05, 3.63) is 70.9 Å². The van der Waals surface area contributed by atoms with Crippen LogP contribution in [0, 0.1) is 0 Å². The molecule has 4 N–H and O–H groups in total. The van der Waals surface area contributed by atoms with Gasteiger partial charge in [0, 0.05) is 44.0 Å². The van der Waals surface area contributed by atoms with Crippen molar-refractivity contribution in [2.24, 2.45) is 0 Å². The molecule has 226 valence electrons. The largest absolute Gasteiger partial charge is 0.495 e. The predicted molar refractivity (Wildman–Crippen MR) is 166 cm³/mol. The summed E-state index contributed by atoms with van der Waals surface area (Å²) in [5, 5.41) is 17.8. The SMILES string of the molecule is COc1cc(C(=O)N2CCC(N3CCOCC3)CC2)ccc1Nc1nc(N[C@H](CO)c2ccccc2)c2c(Cl)c[nH]c2n1. The number of amides is 1. The molecule has 2 aromatic carbocycles. The number of hydrogen-bond donors (Lipinski definition) is 4. The number of piperidine rings is 1. The fraction of sp³-hybridized carbons (Fsp3) is 0.387. The van der Waals surface area contributed by atoms with Gasteiger partial charge in [-0.3, -0.25) is 9.69 Å². The fourth-order valence-electron chi connectivity index (χ4n) is 5.85. The molecular weight excluding hydrogens is 570 g/mol. The zero-order valence-corrected chi connectivity index (χ0v) is 24.8. The number of benzene rings is 2. The number of anilines is 3. The molecule has 0 spiro atoms. The van der Waals surface area contributed by atoms with E-state index in [0.717, 1.165) is 57.8 Å². The quantitative estimate of drug-likeness (QED) is 0.219. The molecule has 4 heterocycles. The zero-order chi connectivity index (χ0) is 29.8. The van der Waals surface area contributed by atoms with E-state index in [1.807, 2.05) is 35.2 Å². The molecule has 2 fully saturated rings. The van der Waals surface area contributed by atoms with Crippen LogP contribution < -0.4 is 15.4 Å². The summed E-state index contributed by atoms with van der Waals surface area (Å²) in [5.74, 6) is 1.24. The van der Waals surface area contributed by atoms with Crippen molar-refractivity contribution in [2.75, 3.05) is 63.7 Å². The lowest BCUT2D eigenvalue weighted by molar-refractivity contribution is 0.00159. The minimum atomic E-state index is -0.406. The molecule has 0 unspecified atom stereocenters. The molecule has 4 aromatic rings. The number of likely N-dealkylation sites (tertiary alicyclic amines) is 1. The Morgan fingerprint density at radius 1 is 1.14 bits per heavy atom. The van der Waals surface area contributed by atoms with Crippen LogP contribution in [0.3, 0.4) is 0 Å². The van der Waals surface area contributed by atoms with Gasteiger partial charge < -0.3 is 35.1 Å². The van der Waals surface area contributed by atoms with Crippen molar-refractivity contribution in [3.8, 4) is 5.75 Å². The highest BCUT2D eigenvalue weighted by Gasteiger charge is 2.28. The Labute approximate surface area is 255 Å². The van der Waals surface area contributed by atoms with E-state index in [1.54, 1.807) is 31.5 Å². The molecule has 6 rings (SSSR count). The van der Waals surface area contributed by atoms with Crippen molar-refractivity contribution in [1.82, 2.24) is 24.8 Å². The van der Waals surface area contributed by atoms with Crippen molar-refractivity contribution in [1.29, 1.82) is 0 Å². The first kappa shape index (κ1) is 29.2. The Morgan fingerprint density at radius 2 is 1.91 bits per heavy atom. The summed E-state index contributed by atoms with van der Waals surface area (Å²) < 4.78 is 11.2. The lowest BCUT2D eigenvalue weighted by atomic mass is 10.0. The van der Waals surface area contributed by atoms with Gasteiger partial charge in [0.15, 0.2) is 0 Å². The topological polar surface area (TPSA) is 128 Å². The van der Waals surface area contributed by atoms with E-state index in [9.17, 15) is 9.90 Å². The van der Waals surface area contributed by atoms with Crippen LogP contribution in [0.1, 0.15) is 34.8 Å². The zero-order valence-electron chi connectivity index (χ0n) is 24.1. The van der Waals surface area contributed by atoms with Gasteiger partial charge in [-0.2, -0.15) is 9.97 Å². The number of methoxy groups -OCH3 is 1. The number of carbonyl (C=O) groups excluding carboxylic acids is 1. The molecule has 2 aliphatic rings. The number of aliphatic hydroxyl groups is 1. The maximum atomic E-state index is 13.4. The number of hydrogen-bond acceptors (Lipinski definition) is 9. The van der Waals surface area contributed by atoms with Gasteiger partial charge in [0.25, 0.3) is 5.91 Å². The number of halogens is 1. The van der Waals surface area contributed by atoms with Gasteiger partial charge in [-0.1, -0.05) is 41.9 Å². The van der Waals surface area contributed by atoms with Crippen molar-refractivity contribution in [2.45, 2.75) is 24.9 Å². The molecule has 2 aromatic heterocycles. The Balaban J connectivity index is 1.19. The Morgan fingerprint density at radius 3 is 2.63 bits per heavy atom. The number of aliphatic hydroxyl groups excluding tert-OH is 1. The van der Waals surface area contributed by atoms with Gasteiger partial charge in [-0.15, -0.1) is 0 Å². The first-order valence-corrected chi connectivity index (χ1v) is 14.9. The number of morpholine rings is 1. The van der Waals surface area contributed by atoms with Gasteiger partial charge in [0.05, 0.1) is 49.1 Å². The van der Waals surface area contributed by atoms with Crippen molar-refractivity contribution in [3.63, 3.8) is 0 Å². The van der Waals surface area contributed by atoms with Crippen LogP contribution in [0.2, 0.25) is 5.02 Å². The maximum Gasteiger partial charge on any atom is 0.253 e. The summed E-state index contributed by atoms with van der Waals surface area (Å²) in [6.45, 7) is 4.80. The van der Waals surface area contributed by atoms with Crippen LogP contribution in [0.15, 0.2) is 54.7 Å². The summed E-state index contributed by atoms with van der Waals surface area (Å²) in [6.07, 6.45) is 3.57. The summed E-state index contributed by atoms with van der Waals surface area (Å²) in [7, 11) is 1.57. The summed E-state index contributed by atoms with van der Waals surface area (Å²) in [5.41, 5.74) is 2.61. The van der Waals surface area contributed by atoms with Gasteiger partial charge >= 0.3 is 0 Å². The van der Waals surface area contributed by atoms with Gasteiger partial charge in [0.2, 0.25) is 5.95 Å². The normalized spacial score (nSPS) is 17.1. The lowest BCUT2D eigenvalue weighted by Gasteiger charge is -2.40. The minimum Gasteiger partial charge on any atom is -0.495 e. The molecular formula is C31H36ClN7O4. The summed E-state index contributed by atoms with van der Waals surface area (Å²) >= 11 is 6.47. The number of H-pyrrole nitrogens is 1. The summed E-state index contributed by atoms with van der Waals surface area (Å²) in [6, 6.07) is 15.1. The second-order valence-electron chi connectivity index (χ2n) is 10.8. The lowest BCUT2D eigenvalue weighted by Crippen LogP contribution is -2.50. The monoisotopic (exact) mass is 605 g/mol. The number of fused-ring (bicyclic) bond motifs is 1. The van der Waals surface area contributed by atoms with Crippen molar-refractivity contribution >= 4 is 46.0 Å². The molecule has 0 saturated carbocycles. The molecule has 0 radical (unpaired) electrons. The number of nitrogens with one attached hydrogen (secondary N) is 3. The van der Waals surface area contributed by atoms with E-state index < -0.39 is 6.04 Å². The van der Waals surface area contributed by atoms with Crippen molar-refractivity contribution < 1.29 is 19.4 Å². The Hall–Kier alpha value is -3.90. The minimum absolute atomic E-state index is 0.00795. The first-order valence-electron chi connectivity index (χ1n) is 14.6. The Bertz CT molecular complexity index is 1550. The predicted octanol–water partition coefficient (Wildman–Crippen LogP) is 4.45. The average molecular weight is 606 g/mol. The molecule has 1 amide bonds. The number of aromatic amines is 1. The molecule has 43 heavy (non-hydrogen) atoms. The third-order valence-electron chi connectivity index (χ3n) is 8.19. The molecule has 0 bridgehead atoms. The van der Waals surface area contributed by atoms with Gasteiger partial charge in [-0.25, -0.2) is 0 Å². The molecule has 2 aliphatic heterocycles. The summed E-state index contributed by atoms with van der Waals surface area (Å²) in [4.78, 5) is 30.2. The third-order valence-corrected chi connectivity index (χ3v) is 8.49. The van der Waals surface area contributed by atoms with Crippen LogP contribution in [-0.2, 0) is 4.74 Å². The third kappa shape index (κ3) is 6.40. The number of carbonyl (C=O) groups is 1. The first-order chi connectivity index (χ1) is 21.0. The number of rotatable bonds is 9. The number of nitrogens with zero attached hydrogens (tertiary/aromatic N) is 4. The maximum absolute atomic E-state index is 13.4. The number of ether oxygens (including phenoxy) is 2. The average Bonchev–Trinajstić information content (AvgIpc) is 3.44. The number of aromatic nitrogens is 3. The second kappa shape index (κ2) is 13.2. The second-order valence-corrected chi connectivity index (χ2v) is 11.2. The van der Waals surface area contributed by atoms with E-state index in [-0.39, 0.29) is 12.5 Å². The fourth-order valence-corrected chi connectivity index (χ4v) is 6.08.